The normalized spacial score (nSPS) is 19.2. The fourth-order valence-electron chi connectivity index (χ4n) is 1.97. The van der Waals surface area contributed by atoms with Gasteiger partial charge in [-0.15, -0.1) is 0 Å². The monoisotopic (exact) mass is 234 g/mol. The topological polar surface area (TPSA) is 64.4 Å². The molecule has 1 fully saturated rings. The number of ether oxygens (including phenoxy) is 1. The van der Waals surface area contributed by atoms with Crippen molar-refractivity contribution in [1.29, 1.82) is 0 Å². The van der Waals surface area contributed by atoms with E-state index < -0.39 is 0 Å². The van der Waals surface area contributed by atoms with Crippen LogP contribution in [0.2, 0.25) is 0 Å². The number of nitrogen functional groups attached to an aromatic ring is 1. The molecule has 2 rings (SSSR count). The number of hydrogen-bond acceptors (Lipinski definition) is 3. The number of benzene rings is 1. The Morgan fingerprint density at radius 1 is 1.59 bits per heavy atom. The smallest absolute Gasteiger partial charge is 0.253 e. The molecule has 0 bridgehead atoms. The van der Waals surface area contributed by atoms with E-state index in [9.17, 15) is 4.79 Å². The van der Waals surface area contributed by atoms with Crippen molar-refractivity contribution in [2.75, 3.05) is 18.9 Å². The molecule has 0 saturated carbocycles. The van der Waals surface area contributed by atoms with Crippen molar-refractivity contribution in [3.05, 3.63) is 29.3 Å². The van der Waals surface area contributed by atoms with Gasteiger partial charge in [-0.1, -0.05) is 11.6 Å². The molecule has 1 atom stereocenters. The van der Waals surface area contributed by atoms with E-state index in [-0.39, 0.29) is 12.0 Å². The molecule has 1 aliphatic rings. The highest BCUT2D eigenvalue weighted by Gasteiger charge is 2.17. The quantitative estimate of drug-likeness (QED) is 0.779. The van der Waals surface area contributed by atoms with E-state index in [0.717, 1.165) is 25.0 Å². The lowest BCUT2D eigenvalue weighted by Crippen LogP contribution is -2.32. The number of carbonyl (C=O) groups is 1. The lowest BCUT2D eigenvalue weighted by atomic mass is 10.1. The molecule has 1 saturated heterocycles. The molecule has 1 amide bonds. The van der Waals surface area contributed by atoms with Crippen LogP contribution in [-0.2, 0) is 4.74 Å². The Bertz CT molecular complexity index is 412. The lowest BCUT2D eigenvalue weighted by molar-refractivity contribution is 0.0858. The molecule has 1 heterocycles. The van der Waals surface area contributed by atoms with Gasteiger partial charge in [0.05, 0.1) is 11.7 Å². The fraction of sp³-hybridized carbons (Fsp3) is 0.462. The lowest BCUT2D eigenvalue weighted by Gasteiger charge is -2.12. The third-order valence-electron chi connectivity index (χ3n) is 2.97. The van der Waals surface area contributed by atoms with Gasteiger partial charge in [-0.2, -0.15) is 0 Å². The van der Waals surface area contributed by atoms with Gasteiger partial charge < -0.3 is 15.8 Å². The van der Waals surface area contributed by atoms with Crippen molar-refractivity contribution in [1.82, 2.24) is 5.32 Å². The summed E-state index contributed by atoms with van der Waals surface area (Å²) < 4.78 is 5.45. The Labute approximate surface area is 101 Å². The van der Waals surface area contributed by atoms with E-state index in [0.29, 0.717) is 17.8 Å². The summed E-state index contributed by atoms with van der Waals surface area (Å²) in [6.07, 6.45) is 2.25. The summed E-state index contributed by atoms with van der Waals surface area (Å²) in [5.41, 5.74) is 7.87. The molecular weight excluding hydrogens is 216 g/mol. The predicted molar refractivity (Wildman–Crippen MR) is 66.9 cm³/mol. The van der Waals surface area contributed by atoms with Gasteiger partial charge >= 0.3 is 0 Å². The van der Waals surface area contributed by atoms with Crippen LogP contribution in [0.1, 0.15) is 28.8 Å². The highest BCUT2D eigenvalue weighted by molar-refractivity contribution is 5.99. The largest absolute Gasteiger partial charge is 0.398 e. The van der Waals surface area contributed by atoms with Gasteiger partial charge in [0.15, 0.2) is 0 Å². The number of nitrogens with one attached hydrogen (secondary N) is 1. The third-order valence-corrected chi connectivity index (χ3v) is 2.97. The summed E-state index contributed by atoms with van der Waals surface area (Å²) >= 11 is 0. The number of nitrogens with two attached hydrogens (primary N) is 1. The summed E-state index contributed by atoms with van der Waals surface area (Å²) in [5.74, 6) is -0.123. The van der Waals surface area contributed by atoms with Crippen LogP contribution in [-0.4, -0.2) is 25.2 Å². The number of carbonyl (C=O) groups excluding carboxylic acids is 1. The minimum atomic E-state index is -0.123. The maximum Gasteiger partial charge on any atom is 0.253 e. The van der Waals surface area contributed by atoms with Crippen LogP contribution in [0.15, 0.2) is 18.2 Å². The van der Waals surface area contributed by atoms with Crippen LogP contribution in [0, 0.1) is 6.92 Å². The van der Waals surface area contributed by atoms with Crippen molar-refractivity contribution >= 4 is 11.6 Å². The Morgan fingerprint density at radius 3 is 3.12 bits per heavy atom. The summed E-state index contributed by atoms with van der Waals surface area (Å²) in [6, 6.07) is 5.46. The summed E-state index contributed by atoms with van der Waals surface area (Å²) in [4.78, 5) is 11.9. The molecule has 92 valence electrons. The van der Waals surface area contributed by atoms with Gasteiger partial charge in [0.1, 0.15) is 0 Å². The summed E-state index contributed by atoms with van der Waals surface area (Å²) in [5, 5.41) is 2.86. The van der Waals surface area contributed by atoms with Gasteiger partial charge in [0.2, 0.25) is 0 Å². The van der Waals surface area contributed by atoms with Gasteiger partial charge in [-0.05, 0) is 31.9 Å². The second-order valence-electron chi connectivity index (χ2n) is 4.44. The highest BCUT2D eigenvalue weighted by Crippen LogP contribution is 2.14. The van der Waals surface area contributed by atoms with E-state index in [2.05, 4.69) is 5.32 Å². The molecule has 4 heteroatoms. The Hall–Kier alpha value is -1.55. The van der Waals surface area contributed by atoms with Crippen LogP contribution < -0.4 is 11.1 Å². The van der Waals surface area contributed by atoms with E-state index in [1.54, 1.807) is 12.1 Å². The molecule has 0 radical (unpaired) electrons. The molecule has 0 aromatic heterocycles. The highest BCUT2D eigenvalue weighted by atomic mass is 16.5. The average molecular weight is 234 g/mol. The maximum absolute atomic E-state index is 11.9. The number of amides is 1. The number of hydrogen-bond donors (Lipinski definition) is 2. The second kappa shape index (κ2) is 5.19. The van der Waals surface area contributed by atoms with Crippen molar-refractivity contribution in [2.24, 2.45) is 0 Å². The van der Waals surface area contributed by atoms with Gasteiger partial charge in [0.25, 0.3) is 5.91 Å². The van der Waals surface area contributed by atoms with E-state index in [1.165, 1.54) is 0 Å². The van der Waals surface area contributed by atoms with Gasteiger partial charge in [-0.25, -0.2) is 0 Å². The first-order chi connectivity index (χ1) is 8.16. The number of rotatable bonds is 3. The molecule has 1 unspecified atom stereocenters. The Kier molecular flexibility index (Phi) is 3.64. The van der Waals surface area contributed by atoms with Gasteiger partial charge in [-0.3, -0.25) is 4.79 Å². The van der Waals surface area contributed by atoms with E-state index in [4.69, 9.17) is 10.5 Å². The zero-order valence-corrected chi connectivity index (χ0v) is 10.0. The average Bonchev–Trinajstić information content (AvgIpc) is 2.82. The summed E-state index contributed by atoms with van der Waals surface area (Å²) in [7, 11) is 0. The Balaban J connectivity index is 1.96. The van der Waals surface area contributed by atoms with Crippen LogP contribution in [0.4, 0.5) is 5.69 Å². The molecule has 1 aromatic carbocycles. The molecule has 3 N–H and O–H groups in total. The van der Waals surface area contributed by atoms with Crippen LogP contribution >= 0.6 is 0 Å². The predicted octanol–water partition coefficient (Wildman–Crippen LogP) is 1.49. The van der Waals surface area contributed by atoms with Crippen molar-refractivity contribution in [3.8, 4) is 0 Å². The zero-order valence-electron chi connectivity index (χ0n) is 10.0. The SMILES string of the molecule is Cc1ccc(N)c(C(=O)NCC2CCCO2)c1. The fourth-order valence-corrected chi connectivity index (χ4v) is 1.97. The molecule has 0 aliphatic carbocycles. The van der Waals surface area contributed by atoms with Crippen LogP contribution in [0.5, 0.6) is 0 Å². The molecule has 4 nitrogen and oxygen atoms in total. The second-order valence-corrected chi connectivity index (χ2v) is 4.44. The minimum absolute atomic E-state index is 0.123. The first-order valence-corrected chi connectivity index (χ1v) is 5.93. The molecular formula is C13H18N2O2. The molecule has 1 aliphatic heterocycles. The number of aryl methyl sites for hydroxylation is 1. The van der Waals surface area contributed by atoms with Gasteiger partial charge in [0, 0.05) is 18.8 Å². The number of anilines is 1. The van der Waals surface area contributed by atoms with E-state index >= 15 is 0 Å². The third kappa shape index (κ3) is 2.97. The van der Waals surface area contributed by atoms with Crippen LogP contribution in [0.25, 0.3) is 0 Å². The Morgan fingerprint density at radius 2 is 2.41 bits per heavy atom. The van der Waals surface area contributed by atoms with Crippen molar-refractivity contribution in [3.63, 3.8) is 0 Å². The van der Waals surface area contributed by atoms with Crippen molar-refractivity contribution in [2.45, 2.75) is 25.9 Å². The minimum Gasteiger partial charge on any atom is -0.398 e. The molecule has 1 aromatic rings. The summed E-state index contributed by atoms with van der Waals surface area (Å²) in [6.45, 7) is 3.30. The molecule has 0 spiro atoms. The standard InChI is InChI=1S/C13H18N2O2/c1-9-4-5-12(14)11(7-9)13(16)15-8-10-3-2-6-17-10/h4-5,7,10H,2-3,6,8,14H2,1H3,(H,15,16). The van der Waals surface area contributed by atoms with Crippen molar-refractivity contribution < 1.29 is 9.53 Å². The first kappa shape index (κ1) is 11.9. The maximum atomic E-state index is 11.9. The van der Waals surface area contributed by atoms with E-state index in [1.807, 2.05) is 13.0 Å². The first-order valence-electron chi connectivity index (χ1n) is 5.93. The molecule has 17 heavy (non-hydrogen) atoms. The van der Waals surface area contributed by atoms with Crippen LogP contribution in [0.3, 0.4) is 0 Å². The zero-order chi connectivity index (χ0) is 12.3.